The topological polar surface area (TPSA) is 52.9 Å². The molecule has 0 radical (unpaired) electrons. The van der Waals surface area contributed by atoms with E-state index in [2.05, 4.69) is 11.9 Å². The normalized spacial score (nSPS) is 8.58. The minimum atomic E-state index is -0.148. The average molecular weight is 168 g/mol. The maximum atomic E-state index is 10.6. The van der Waals surface area contributed by atoms with Gasteiger partial charge in [-0.25, -0.2) is 0 Å². The standard InChI is InChI=1S/C7H13NO.C2H3N/c1-5-6(9)8-7(2,3)4;1-2-3/h5H,1H2,2-4H3,(H,8,9);1H3. The van der Waals surface area contributed by atoms with Crippen LogP contribution < -0.4 is 5.32 Å². The second-order valence-electron chi connectivity index (χ2n) is 3.17. The lowest BCUT2D eigenvalue weighted by Gasteiger charge is -2.18. The molecule has 0 saturated heterocycles. The Kier molecular flexibility index (Phi) is 7.11. The number of nitrogens with one attached hydrogen (secondary N) is 1. The number of hydrogen-bond donors (Lipinski definition) is 1. The van der Waals surface area contributed by atoms with Gasteiger partial charge in [0.1, 0.15) is 0 Å². The van der Waals surface area contributed by atoms with E-state index in [4.69, 9.17) is 5.26 Å². The second kappa shape index (κ2) is 6.41. The van der Waals surface area contributed by atoms with Gasteiger partial charge in [0.25, 0.3) is 0 Å². The first-order chi connectivity index (χ1) is 5.37. The van der Waals surface area contributed by atoms with Gasteiger partial charge in [-0.3, -0.25) is 4.79 Å². The van der Waals surface area contributed by atoms with Crippen molar-refractivity contribution in [1.29, 1.82) is 5.26 Å². The third-order valence-corrected chi connectivity index (χ3v) is 0.684. The zero-order chi connectivity index (χ0) is 10.2. The molecular weight excluding hydrogens is 152 g/mol. The minimum absolute atomic E-state index is 0.123. The van der Waals surface area contributed by atoms with Crippen molar-refractivity contribution >= 4 is 5.91 Å². The molecule has 12 heavy (non-hydrogen) atoms. The smallest absolute Gasteiger partial charge is 0.243 e. The highest BCUT2D eigenvalue weighted by molar-refractivity contribution is 5.87. The monoisotopic (exact) mass is 168 g/mol. The van der Waals surface area contributed by atoms with E-state index in [0.29, 0.717) is 0 Å². The number of amides is 1. The van der Waals surface area contributed by atoms with Crippen molar-refractivity contribution in [3.8, 4) is 6.07 Å². The van der Waals surface area contributed by atoms with Crippen molar-refractivity contribution < 1.29 is 4.79 Å². The largest absolute Gasteiger partial charge is 0.348 e. The summed E-state index contributed by atoms with van der Waals surface area (Å²) in [5, 5.41) is 10.0. The van der Waals surface area contributed by atoms with Crippen molar-refractivity contribution in [2.75, 3.05) is 0 Å². The first-order valence-corrected chi connectivity index (χ1v) is 3.62. The summed E-state index contributed by atoms with van der Waals surface area (Å²) < 4.78 is 0. The fraction of sp³-hybridized carbons (Fsp3) is 0.556. The lowest BCUT2D eigenvalue weighted by atomic mass is 10.1. The lowest BCUT2D eigenvalue weighted by molar-refractivity contribution is -0.117. The number of hydrogen-bond acceptors (Lipinski definition) is 2. The molecule has 0 bridgehead atoms. The van der Waals surface area contributed by atoms with Gasteiger partial charge in [-0.1, -0.05) is 6.58 Å². The minimum Gasteiger partial charge on any atom is -0.348 e. The first-order valence-electron chi connectivity index (χ1n) is 3.62. The van der Waals surface area contributed by atoms with Crippen molar-refractivity contribution in [2.45, 2.75) is 33.2 Å². The Hall–Kier alpha value is -1.30. The molecule has 0 saturated carbocycles. The zero-order valence-corrected chi connectivity index (χ0v) is 8.14. The molecule has 0 spiro atoms. The van der Waals surface area contributed by atoms with Gasteiger partial charge in [0.2, 0.25) is 5.91 Å². The van der Waals surface area contributed by atoms with Crippen LogP contribution in [0.4, 0.5) is 0 Å². The van der Waals surface area contributed by atoms with Crippen molar-refractivity contribution in [1.82, 2.24) is 5.32 Å². The fourth-order valence-electron chi connectivity index (χ4n) is 0.421. The third-order valence-electron chi connectivity index (χ3n) is 0.684. The Labute approximate surface area is 74.1 Å². The summed E-state index contributed by atoms with van der Waals surface area (Å²) in [5.41, 5.74) is -0.148. The molecule has 3 nitrogen and oxygen atoms in total. The first kappa shape index (κ1) is 13.3. The predicted molar refractivity (Wildman–Crippen MR) is 49.4 cm³/mol. The predicted octanol–water partition coefficient (Wildman–Crippen LogP) is 1.62. The molecule has 0 aromatic carbocycles. The fourth-order valence-corrected chi connectivity index (χ4v) is 0.421. The van der Waals surface area contributed by atoms with E-state index >= 15 is 0 Å². The Bertz CT molecular complexity index is 184. The Balaban J connectivity index is 0. The molecule has 0 heterocycles. The molecule has 0 aliphatic rings. The van der Waals surface area contributed by atoms with Crippen LogP contribution in [0.15, 0.2) is 12.7 Å². The van der Waals surface area contributed by atoms with Gasteiger partial charge in [-0.15, -0.1) is 0 Å². The number of rotatable bonds is 1. The zero-order valence-electron chi connectivity index (χ0n) is 8.14. The van der Waals surface area contributed by atoms with E-state index in [9.17, 15) is 4.79 Å². The number of nitriles is 1. The quantitative estimate of drug-likeness (QED) is 0.605. The van der Waals surface area contributed by atoms with Gasteiger partial charge in [-0.05, 0) is 26.8 Å². The molecule has 0 aromatic rings. The van der Waals surface area contributed by atoms with Gasteiger partial charge in [0, 0.05) is 12.5 Å². The van der Waals surface area contributed by atoms with E-state index < -0.39 is 0 Å². The molecule has 3 heteroatoms. The van der Waals surface area contributed by atoms with Gasteiger partial charge < -0.3 is 5.32 Å². The summed E-state index contributed by atoms with van der Waals surface area (Å²) >= 11 is 0. The number of carbonyl (C=O) groups is 1. The second-order valence-corrected chi connectivity index (χ2v) is 3.17. The van der Waals surface area contributed by atoms with E-state index in [1.165, 1.54) is 13.0 Å². The maximum absolute atomic E-state index is 10.6. The molecule has 0 aromatic heterocycles. The summed E-state index contributed by atoms with van der Waals surface area (Å²) in [4.78, 5) is 10.6. The van der Waals surface area contributed by atoms with Crippen molar-refractivity contribution in [3.63, 3.8) is 0 Å². The van der Waals surface area contributed by atoms with Gasteiger partial charge in [0.15, 0.2) is 0 Å². The lowest BCUT2D eigenvalue weighted by Crippen LogP contribution is -2.39. The molecule has 0 unspecified atom stereocenters. The van der Waals surface area contributed by atoms with Crippen LogP contribution >= 0.6 is 0 Å². The summed E-state index contributed by atoms with van der Waals surface area (Å²) in [7, 11) is 0. The van der Waals surface area contributed by atoms with E-state index in [0.717, 1.165) is 0 Å². The highest BCUT2D eigenvalue weighted by atomic mass is 16.1. The Morgan fingerprint density at radius 3 is 2.00 bits per heavy atom. The summed E-state index contributed by atoms with van der Waals surface area (Å²) in [6.45, 7) is 10.5. The maximum Gasteiger partial charge on any atom is 0.243 e. The van der Waals surface area contributed by atoms with Gasteiger partial charge >= 0.3 is 0 Å². The van der Waals surface area contributed by atoms with E-state index in [-0.39, 0.29) is 11.4 Å². The molecule has 1 amide bonds. The van der Waals surface area contributed by atoms with Crippen LogP contribution in [-0.2, 0) is 4.79 Å². The van der Waals surface area contributed by atoms with Crippen molar-refractivity contribution in [2.24, 2.45) is 0 Å². The molecule has 1 N–H and O–H groups in total. The summed E-state index contributed by atoms with van der Waals surface area (Å²) in [5.74, 6) is -0.123. The number of carbonyl (C=O) groups excluding carboxylic acids is 1. The van der Waals surface area contributed by atoms with Crippen LogP contribution in [0.3, 0.4) is 0 Å². The van der Waals surface area contributed by atoms with Gasteiger partial charge in [0.05, 0.1) is 6.07 Å². The highest BCUT2D eigenvalue weighted by Crippen LogP contribution is 1.97. The molecule has 0 atom stereocenters. The van der Waals surface area contributed by atoms with Crippen LogP contribution in [0.2, 0.25) is 0 Å². The average Bonchev–Trinajstić information content (AvgIpc) is 1.86. The number of nitrogens with zero attached hydrogens (tertiary/aromatic N) is 1. The molecule has 0 fully saturated rings. The van der Waals surface area contributed by atoms with Crippen LogP contribution in [0.5, 0.6) is 0 Å². The molecule has 0 rings (SSSR count). The molecular formula is C9H16N2O. The SMILES string of the molecule is C=CC(=O)NC(C)(C)C.CC#N. The van der Waals surface area contributed by atoms with Crippen LogP contribution in [0, 0.1) is 11.3 Å². The van der Waals surface area contributed by atoms with E-state index in [1.54, 1.807) is 6.07 Å². The van der Waals surface area contributed by atoms with Crippen LogP contribution in [0.1, 0.15) is 27.7 Å². The van der Waals surface area contributed by atoms with E-state index in [1.807, 2.05) is 20.8 Å². The summed E-state index contributed by atoms with van der Waals surface area (Å²) in [6, 6.07) is 1.75. The third kappa shape index (κ3) is 15.9. The van der Waals surface area contributed by atoms with Crippen LogP contribution in [0.25, 0.3) is 0 Å². The Morgan fingerprint density at radius 1 is 1.58 bits per heavy atom. The molecule has 0 aliphatic heterocycles. The Morgan fingerprint density at radius 2 is 1.92 bits per heavy atom. The molecule has 0 aliphatic carbocycles. The highest BCUT2D eigenvalue weighted by Gasteiger charge is 2.10. The molecule has 68 valence electrons. The summed E-state index contributed by atoms with van der Waals surface area (Å²) in [6.07, 6.45) is 1.27. The van der Waals surface area contributed by atoms with Crippen LogP contribution in [-0.4, -0.2) is 11.4 Å². The van der Waals surface area contributed by atoms with Crippen molar-refractivity contribution in [3.05, 3.63) is 12.7 Å². The van der Waals surface area contributed by atoms with Gasteiger partial charge in [-0.2, -0.15) is 5.26 Å².